The Morgan fingerprint density at radius 3 is 2.64 bits per heavy atom. The van der Waals surface area contributed by atoms with E-state index in [9.17, 15) is 18.0 Å². The summed E-state index contributed by atoms with van der Waals surface area (Å²) < 4.78 is 39.7. The molecule has 0 amide bonds. The summed E-state index contributed by atoms with van der Waals surface area (Å²) in [7, 11) is 0. The molecule has 0 aliphatic heterocycles. The molecule has 0 aromatic carbocycles. The summed E-state index contributed by atoms with van der Waals surface area (Å²) in [5.74, 6) is -0.303. The Morgan fingerprint density at radius 2 is 2.04 bits per heavy atom. The Morgan fingerprint density at radius 1 is 1.24 bits per heavy atom. The fraction of sp³-hybridized carbons (Fsp3) is 0.133. The predicted molar refractivity (Wildman–Crippen MR) is 94.7 cm³/mol. The first-order chi connectivity index (χ1) is 11.8. The fourth-order valence-corrected chi connectivity index (χ4v) is 4.35. The van der Waals surface area contributed by atoms with E-state index in [0.717, 1.165) is 29.2 Å². The summed E-state index contributed by atoms with van der Waals surface area (Å²) in [6, 6.07) is 7.50. The number of thiophene rings is 2. The van der Waals surface area contributed by atoms with Gasteiger partial charge in [-0.2, -0.15) is 13.2 Å². The topological polar surface area (TPSA) is 42.9 Å². The van der Waals surface area contributed by atoms with E-state index < -0.39 is 11.9 Å². The smallest absolute Gasteiger partial charge is 0.292 e. The fourth-order valence-electron chi connectivity index (χ4n) is 1.85. The predicted octanol–water partition coefficient (Wildman–Crippen LogP) is 5.91. The lowest BCUT2D eigenvalue weighted by molar-refractivity contribution is -0.141. The van der Waals surface area contributed by atoms with E-state index in [-0.39, 0.29) is 22.4 Å². The van der Waals surface area contributed by atoms with E-state index in [0.29, 0.717) is 14.1 Å². The summed E-state index contributed by atoms with van der Waals surface area (Å²) in [5.41, 5.74) is -0.841. The number of nitrogens with zero attached hydrogens (tertiary/aromatic N) is 2. The van der Waals surface area contributed by atoms with Crippen molar-refractivity contribution in [2.75, 3.05) is 5.75 Å². The third-order valence-corrected chi connectivity index (χ3v) is 5.96. The molecule has 0 radical (unpaired) electrons. The maximum absolute atomic E-state index is 13.1. The highest BCUT2D eigenvalue weighted by molar-refractivity contribution is 7.99. The standard InChI is InChI=1S/C15H8ClF3N2OS3/c16-13-4-3-11(25-13)9(22)7-24-14-20-8(10-2-1-5-23-10)6-12(21-14)15(17,18)19/h1-6H,7H2. The van der Waals surface area contributed by atoms with Crippen LogP contribution in [0.2, 0.25) is 4.34 Å². The zero-order valence-electron chi connectivity index (χ0n) is 12.2. The largest absolute Gasteiger partial charge is 0.433 e. The first kappa shape index (κ1) is 18.4. The van der Waals surface area contributed by atoms with Crippen LogP contribution in [-0.2, 0) is 6.18 Å². The van der Waals surface area contributed by atoms with Gasteiger partial charge in [-0.05, 0) is 29.6 Å². The lowest BCUT2D eigenvalue weighted by Crippen LogP contribution is -2.10. The molecule has 130 valence electrons. The van der Waals surface area contributed by atoms with Crippen LogP contribution >= 0.6 is 46.0 Å². The molecular weight excluding hydrogens is 413 g/mol. The average molecular weight is 421 g/mol. The summed E-state index contributed by atoms with van der Waals surface area (Å²) in [5, 5.41) is 1.66. The zero-order chi connectivity index (χ0) is 18.0. The lowest BCUT2D eigenvalue weighted by atomic mass is 10.3. The Hall–Kier alpha value is -1.42. The molecule has 0 unspecified atom stereocenters. The van der Waals surface area contributed by atoms with Gasteiger partial charge in [0.05, 0.1) is 25.5 Å². The molecule has 10 heteroatoms. The van der Waals surface area contributed by atoms with Gasteiger partial charge in [-0.15, -0.1) is 22.7 Å². The van der Waals surface area contributed by atoms with Gasteiger partial charge in [0.25, 0.3) is 0 Å². The van der Waals surface area contributed by atoms with Crippen molar-refractivity contribution in [3.8, 4) is 10.6 Å². The van der Waals surface area contributed by atoms with Crippen LogP contribution in [0.5, 0.6) is 0 Å². The van der Waals surface area contributed by atoms with E-state index in [1.54, 1.807) is 29.6 Å². The van der Waals surface area contributed by atoms with E-state index >= 15 is 0 Å². The average Bonchev–Trinajstić information content (AvgIpc) is 3.23. The molecule has 0 atom stereocenters. The van der Waals surface area contributed by atoms with Crippen molar-refractivity contribution in [3.05, 3.63) is 50.6 Å². The third-order valence-electron chi connectivity index (χ3n) is 2.95. The number of carbonyl (C=O) groups excluding carboxylic acids is 1. The summed E-state index contributed by atoms with van der Waals surface area (Å²) >= 11 is 9.06. The monoisotopic (exact) mass is 420 g/mol. The number of hydrogen-bond acceptors (Lipinski definition) is 6. The molecule has 3 rings (SSSR count). The van der Waals surface area contributed by atoms with Crippen LogP contribution in [0.4, 0.5) is 13.2 Å². The Kier molecular flexibility index (Phi) is 5.47. The van der Waals surface area contributed by atoms with Crippen molar-refractivity contribution in [1.82, 2.24) is 9.97 Å². The number of rotatable bonds is 5. The Labute approximate surface area is 157 Å². The van der Waals surface area contributed by atoms with Crippen molar-refractivity contribution in [3.63, 3.8) is 0 Å². The van der Waals surface area contributed by atoms with E-state index in [2.05, 4.69) is 9.97 Å². The summed E-state index contributed by atoms with van der Waals surface area (Å²) in [4.78, 5) is 20.8. The number of aromatic nitrogens is 2. The van der Waals surface area contributed by atoms with Gasteiger partial charge in [-0.1, -0.05) is 29.4 Å². The second-order valence-electron chi connectivity index (χ2n) is 4.71. The molecule has 3 heterocycles. The van der Waals surface area contributed by atoms with Crippen LogP contribution in [0.3, 0.4) is 0 Å². The van der Waals surface area contributed by atoms with Crippen LogP contribution in [0.15, 0.2) is 40.9 Å². The molecule has 0 aliphatic rings. The quantitative estimate of drug-likeness (QED) is 0.292. The van der Waals surface area contributed by atoms with Crippen molar-refractivity contribution in [2.45, 2.75) is 11.3 Å². The normalized spacial score (nSPS) is 11.7. The zero-order valence-corrected chi connectivity index (χ0v) is 15.4. The summed E-state index contributed by atoms with van der Waals surface area (Å²) in [6.07, 6.45) is -4.59. The molecule has 0 N–H and O–H groups in total. The number of ketones is 1. The Bertz CT molecular complexity index is 894. The van der Waals surface area contributed by atoms with Crippen LogP contribution < -0.4 is 0 Å². The van der Waals surface area contributed by atoms with Crippen molar-refractivity contribution in [2.24, 2.45) is 0 Å². The second-order valence-corrected chi connectivity index (χ2v) is 8.32. The highest BCUT2D eigenvalue weighted by Crippen LogP contribution is 2.33. The van der Waals surface area contributed by atoms with Crippen LogP contribution in [0, 0.1) is 0 Å². The SMILES string of the molecule is O=C(CSc1nc(-c2cccs2)cc(C(F)(F)F)n1)c1ccc(Cl)s1. The number of carbonyl (C=O) groups is 1. The van der Waals surface area contributed by atoms with Gasteiger partial charge in [-0.25, -0.2) is 9.97 Å². The van der Waals surface area contributed by atoms with Gasteiger partial charge in [0.15, 0.2) is 10.9 Å². The minimum absolute atomic E-state index is 0.0674. The minimum Gasteiger partial charge on any atom is -0.292 e. The third kappa shape index (κ3) is 4.60. The highest BCUT2D eigenvalue weighted by Gasteiger charge is 2.34. The molecule has 0 saturated carbocycles. The number of halogens is 4. The van der Waals surface area contributed by atoms with Crippen LogP contribution in [0.25, 0.3) is 10.6 Å². The lowest BCUT2D eigenvalue weighted by Gasteiger charge is -2.09. The second kappa shape index (κ2) is 7.45. The first-order valence-corrected chi connectivity index (χ1v) is 9.80. The van der Waals surface area contributed by atoms with Crippen LogP contribution in [0.1, 0.15) is 15.4 Å². The van der Waals surface area contributed by atoms with Gasteiger partial charge in [0.2, 0.25) is 0 Å². The molecule has 0 saturated heterocycles. The molecule has 25 heavy (non-hydrogen) atoms. The van der Waals surface area contributed by atoms with Crippen LogP contribution in [-0.4, -0.2) is 21.5 Å². The number of thioether (sulfide) groups is 1. The maximum atomic E-state index is 13.1. The molecule has 0 bridgehead atoms. The first-order valence-electron chi connectivity index (χ1n) is 6.74. The molecule has 0 aliphatic carbocycles. The Balaban J connectivity index is 1.85. The van der Waals surface area contributed by atoms with E-state index in [4.69, 9.17) is 11.6 Å². The van der Waals surface area contributed by atoms with Gasteiger partial charge in [0.1, 0.15) is 5.69 Å². The highest BCUT2D eigenvalue weighted by atomic mass is 35.5. The molecular formula is C15H8ClF3N2OS3. The van der Waals surface area contributed by atoms with Gasteiger partial charge < -0.3 is 0 Å². The van der Waals surface area contributed by atoms with E-state index in [1.807, 2.05) is 0 Å². The molecule has 0 spiro atoms. The maximum Gasteiger partial charge on any atom is 0.433 e. The van der Waals surface area contributed by atoms with Crippen molar-refractivity contribution >= 4 is 51.8 Å². The molecule has 0 fully saturated rings. The van der Waals surface area contributed by atoms with Crippen molar-refractivity contribution in [1.29, 1.82) is 0 Å². The minimum atomic E-state index is -4.59. The number of Topliss-reactive ketones (excluding diaryl/α,β-unsaturated/α-hetero) is 1. The summed E-state index contributed by atoms with van der Waals surface area (Å²) in [6.45, 7) is 0. The molecule has 3 aromatic heterocycles. The van der Waals surface area contributed by atoms with Crippen molar-refractivity contribution < 1.29 is 18.0 Å². The molecule has 3 aromatic rings. The number of hydrogen-bond donors (Lipinski definition) is 0. The van der Waals surface area contributed by atoms with E-state index in [1.165, 1.54) is 11.3 Å². The van der Waals surface area contributed by atoms with Gasteiger partial charge in [0, 0.05) is 0 Å². The van der Waals surface area contributed by atoms with Gasteiger partial charge in [-0.3, -0.25) is 4.79 Å². The van der Waals surface area contributed by atoms with Gasteiger partial charge >= 0.3 is 6.18 Å². The molecule has 3 nitrogen and oxygen atoms in total. The number of alkyl halides is 3.